The fourth-order valence-electron chi connectivity index (χ4n) is 2.41. The van der Waals surface area contributed by atoms with Gasteiger partial charge in [-0.05, 0) is 36.2 Å². The molecule has 2 aromatic carbocycles. The van der Waals surface area contributed by atoms with E-state index in [9.17, 15) is 13.2 Å². The van der Waals surface area contributed by atoms with Crippen molar-refractivity contribution in [2.45, 2.75) is 17.9 Å². The summed E-state index contributed by atoms with van der Waals surface area (Å²) in [6.07, 6.45) is 0.360. The number of carbonyl (C=O) groups is 1. The topological polar surface area (TPSA) is 75.7 Å². The van der Waals surface area contributed by atoms with Crippen LogP contribution in [0.1, 0.15) is 12.0 Å². The van der Waals surface area contributed by atoms with E-state index in [1.807, 2.05) is 24.3 Å². The third kappa shape index (κ3) is 5.77. The Labute approximate surface area is 154 Å². The number of carbonyl (C=O) groups excluding carboxylic acids is 1. The number of amides is 2. The Bertz CT molecular complexity index is 805. The average Bonchev–Trinajstić information content (AvgIpc) is 2.66. The summed E-state index contributed by atoms with van der Waals surface area (Å²) in [6, 6.07) is 15.6. The first kappa shape index (κ1) is 19.8. The minimum atomic E-state index is -3.31. The molecule has 0 saturated heterocycles. The second-order valence-electron chi connectivity index (χ2n) is 5.92. The van der Waals surface area contributed by atoms with Crippen LogP contribution in [0.3, 0.4) is 0 Å². The summed E-state index contributed by atoms with van der Waals surface area (Å²) < 4.78 is 29.4. The van der Waals surface area contributed by atoms with Gasteiger partial charge in [0.05, 0.1) is 17.8 Å². The molecule has 0 bridgehead atoms. The number of benzene rings is 2. The van der Waals surface area contributed by atoms with Gasteiger partial charge in [0.2, 0.25) is 0 Å². The van der Waals surface area contributed by atoms with Crippen LogP contribution < -0.4 is 10.1 Å². The zero-order valence-corrected chi connectivity index (χ0v) is 15.8. The van der Waals surface area contributed by atoms with E-state index in [1.165, 1.54) is 0 Å². The van der Waals surface area contributed by atoms with Crippen molar-refractivity contribution in [1.29, 1.82) is 0 Å². The summed E-state index contributed by atoms with van der Waals surface area (Å²) in [5.41, 5.74) is 0.982. The number of sulfone groups is 1. The standard InChI is InChI=1S/C19H24N2O4S/c1-21(15-16-9-11-17(25-2)12-10-16)19(22)20-13-6-14-26(23,24)18-7-4-3-5-8-18/h3-5,7-12H,6,13-15H2,1-2H3,(H,20,22). The third-order valence-corrected chi connectivity index (χ3v) is 5.71. The summed E-state index contributed by atoms with van der Waals surface area (Å²) in [4.78, 5) is 14.0. The number of nitrogens with one attached hydrogen (secondary N) is 1. The second kappa shape index (κ2) is 9.24. The SMILES string of the molecule is COc1ccc(CN(C)C(=O)NCCCS(=O)(=O)c2ccccc2)cc1. The first-order chi connectivity index (χ1) is 12.4. The molecule has 7 heteroatoms. The minimum Gasteiger partial charge on any atom is -0.497 e. The summed E-state index contributed by atoms with van der Waals surface area (Å²) in [5.74, 6) is 0.764. The zero-order valence-electron chi connectivity index (χ0n) is 15.0. The molecular weight excluding hydrogens is 352 g/mol. The van der Waals surface area contributed by atoms with Crippen LogP contribution in [-0.2, 0) is 16.4 Å². The van der Waals surface area contributed by atoms with Crippen LogP contribution in [0, 0.1) is 0 Å². The van der Waals surface area contributed by atoms with Gasteiger partial charge < -0.3 is 15.0 Å². The second-order valence-corrected chi connectivity index (χ2v) is 8.03. The number of rotatable bonds is 8. The van der Waals surface area contributed by atoms with Gasteiger partial charge in [-0.15, -0.1) is 0 Å². The summed E-state index contributed by atoms with van der Waals surface area (Å²) in [5, 5.41) is 2.75. The first-order valence-electron chi connectivity index (χ1n) is 8.32. The molecule has 0 aliphatic rings. The molecule has 0 aliphatic heterocycles. The monoisotopic (exact) mass is 376 g/mol. The van der Waals surface area contributed by atoms with E-state index in [-0.39, 0.29) is 11.8 Å². The lowest BCUT2D eigenvalue weighted by Gasteiger charge is -2.18. The summed E-state index contributed by atoms with van der Waals surface area (Å²) >= 11 is 0. The molecule has 0 heterocycles. The van der Waals surface area contributed by atoms with Gasteiger partial charge in [0.15, 0.2) is 9.84 Å². The third-order valence-electron chi connectivity index (χ3n) is 3.89. The Hall–Kier alpha value is -2.54. The molecule has 2 amide bonds. The van der Waals surface area contributed by atoms with E-state index in [4.69, 9.17) is 4.74 Å². The number of methoxy groups -OCH3 is 1. The average molecular weight is 376 g/mol. The van der Waals surface area contributed by atoms with Crippen molar-refractivity contribution in [2.75, 3.05) is 26.5 Å². The van der Waals surface area contributed by atoms with Crippen molar-refractivity contribution in [3.05, 3.63) is 60.2 Å². The van der Waals surface area contributed by atoms with Crippen LogP contribution in [0.2, 0.25) is 0 Å². The molecule has 0 atom stereocenters. The fourth-order valence-corrected chi connectivity index (χ4v) is 3.75. The van der Waals surface area contributed by atoms with Crippen molar-refractivity contribution < 1.29 is 17.9 Å². The van der Waals surface area contributed by atoms with E-state index in [1.54, 1.807) is 49.4 Å². The minimum absolute atomic E-state index is 0.000508. The van der Waals surface area contributed by atoms with Crippen molar-refractivity contribution in [1.82, 2.24) is 10.2 Å². The highest BCUT2D eigenvalue weighted by atomic mass is 32.2. The van der Waals surface area contributed by atoms with Gasteiger partial charge >= 0.3 is 6.03 Å². The van der Waals surface area contributed by atoms with Crippen molar-refractivity contribution in [3.8, 4) is 5.75 Å². The Kier molecular flexibility index (Phi) is 7.03. The highest BCUT2D eigenvalue weighted by Gasteiger charge is 2.14. The maximum Gasteiger partial charge on any atom is 0.317 e. The van der Waals surface area contributed by atoms with Crippen LogP contribution in [0.4, 0.5) is 4.79 Å². The molecule has 0 saturated carbocycles. The quantitative estimate of drug-likeness (QED) is 0.719. The van der Waals surface area contributed by atoms with Gasteiger partial charge in [-0.1, -0.05) is 30.3 Å². The van der Waals surface area contributed by atoms with Crippen LogP contribution in [0.15, 0.2) is 59.5 Å². The molecule has 6 nitrogen and oxygen atoms in total. The number of nitrogens with zero attached hydrogens (tertiary/aromatic N) is 1. The molecular formula is C19H24N2O4S. The molecule has 0 aliphatic carbocycles. The predicted octanol–water partition coefficient (Wildman–Crippen LogP) is 2.70. The number of hydrogen-bond donors (Lipinski definition) is 1. The molecule has 0 aromatic heterocycles. The van der Waals surface area contributed by atoms with E-state index in [2.05, 4.69) is 5.32 Å². The lowest BCUT2D eigenvalue weighted by atomic mass is 10.2. The maximum absolute atomic E-state index is 12.2. The van der Waals surface area contributed by atoms with Gasteiger partial charge in [0.25, 0.3) is 0 Å². The first-order valence-corrected chi connectivity index (χ1v) is 9.97. The van der Waals surface area contributed by atoms with E-state index in [0.717, 1.165) is 11.3 Å². The van der Waals surface area contributed by atoms with Crippen LogP contribution in [0.5, 0.6) is 5.75 Å². The predicted molar refractivity (Wildman–Crippen MR) is 101 cm³/mol. The Balaban J connectivity index is 1.75. The fraction of sp³-hybridized carbons (Fsp3) is 0.316. The zero-order chi connectivity index (χ0) is 19.0. The molecule has 0 unspecified atom stereocenters. The smallest absolute Gasteiger partial charge is 0.317 e. The molecule has 26 heavy (non-hydrogen) atoms. The van der Waals surface area contributed by atoms with Gasteiger partial charge in [0, 0.05) is 20.1 Å². The Morgan fingerprint density at radius 1 is 1.08 bits per heavy atom. The van der Waals surface area contributed by atoms with Crippen LogP contribution >= 0.6 is 0 Å². The van der Waals surface area contributed by atoms with Crippen molar-refractivity contribution in [2.24, 2.45) is 0 Å². The molecule has 2 rings (SSSR count). The number of hydrogen-bond acceptors (Lipinski definition) is 4. The summed E-state index contributed by atoms with van der Waals surface area (Å²) in [7, 11) is -0.0120. The van der Waals surface area contributed by atoms with Gasteiger partial charge in [-0.2, -0.15) is 0 Å². The van der Waals surface area contributed by atoms with Crippen molar-refractivity contribution >= 4 is 15.9 Å². The van der Waals surface area contributed by atoms with E-state index >= 15 is 0 Å². The lowest BCUT2D eigenvalue weighted by Crippen LogP contribution is -2.37. The maximum atomic E-state index is 12.2. The highest BCUT2D eigenvalue weighted by Crippen LogP contribution is 2.13. The normalized spacial score (nSPS) is 11.0. The molecule has 2 aromatic rings. The van der Waals surface area contributed by atoms with Crippen LogP contribution in [0.25, 0.3) is 0 Å². The number of urea groups is 1. The lowest BCUT2D eigenvalue weighted by molar-refractivity contribution is 0.207. The van der Waals surface area contributed by atoms with Crippen LogP contribution in [-0.4, -0.2) is 45.8 Å². The Morgan fingerprint density at radius 3 is 2.35 bits per heavy atom. The van der Waals surface area contributed by atoms with E-state index < -0.39 is 9.84 Å². The van der Waals surface area contributed by atoms with E-state index in [0.29, 0.717) is 24.4 Å². The molecule has 0 spiro atoms. The highest BCUT2D eigenvalue weighted by molar-refractivity contribution is 7.91. The summed E-state index contributed by atoms with van der Waals surface area (Å²) in [6.45, 7) is 0.760. The largest absolute Gasteiger partial charge is 0.497 e. The van der Waals surface area contributed by atoms with Gasteiger partial charge in [-0.25, -0.2) is 13.2 Å². The van der Waals surface area contributed by atoms with Gasteiger partial charge in [-0.3, -0.25) is 0 Å². The molecule has 140 valence electrons. The van der Waals surface area contributed by atoms with Crippen molar-refractivity contribution in [3.63, 3.8) is 0 Å². The Morgan fingerprint density at radius 2 is 1.73 bits per heavy atom. The molecule has 1 N–H and O–H groups in total. The molecule has 0 radical (unpaired) electrons. The number of ether oxygens (including phenoxy) is 1. The molecule has 0 fully saturated rings. The van der Waals surface area contributed by atoms with Gasteiger partial charge in [0.1, 0.15) is 5.75 Å².